The molecule has 0 radical (unpaired) electrons. The molecule has 0 saturated heterocycles. The average molecular weight is 460 g/mol. The van der Waals surface area contributed by atoms with Crippen LogP contribution in [0.3, 0.4) is 0 Å². The van der Waals surface area contributed by atoms with E-state index in [9.17, 15) is 9.67 Å². The molecular formula is C22H23BrNO3P. The molecule has 3 aromatic carbocycles. The van der Waals surface area contributed by atoms with Crippen LogP contribution in [0.15, 0.2) is 83.3 Å². The Bertz CT molecular complexity index is 944. The fourth-order valence-electron chi connectivity index (χ4n) is 2.82. The standard InChI is InChI=1S/C22H23BrNO3P/c1-24(2)20-12-14-21(15-13-20)28(26,27-16-17-6-4-3-5-7-17)22(25)18-8-10-19(23)11-9-18/h3-15,22,25H,16H2,1-2H3/t22-,28+/m0/s1. The Kier molecular flexibility index (Phi) is 6.73. The first-order chi connectivity index (χ1) is 13.4. The summed E-state index contributed by atoms with van der Waals surface area (Å²) in [7, 11) is 0.290. The van der Waals surface area contributed by atoms with E-state index in [0.29, 0.717) is 10.9 Å². The van der Waals surface area contributed by atoms with Crippen LogP contribution in [-0.4, -0.2) is 19.2 Å². The molecule has 3 rings (SSSR count). The predicted octanol–water partition coefficient (Wildman–Crippen LogP) is 5.33. The minimum absolute atomic E-state index is 0.154. The molecule has 0 aliphatic rings. The molecule has 0 aromatic heterocycles. The third kappa shape index (κ3) is 4.73. The molecule has 0 bridgehead atoms. The van der Waals surface area contributed by atoms with Gasteiger partial charge < -0.3 is 14.5 Å². The van der Waals surface area contributed by atoms with Crippen LogP contribution in [0.4, 0.5) is 5.69 Å². The molecule has 2 atom stereocenters. The van der Waals surface area contributed by atoms with E-state index in [4.69, 9.17) is 4.52 Å². The second-order valence-corrected chi connectivity index (χ2v) is 10.1. The molecule has 0 unspecified atom stereocenters. The van der Waals surface area contributed by atoms with Crippen molar-refractivity contribution >= 4 is 34.3 Å². The summed E-state index contributed by atoms with van der Waals surface area (Å²) in [5.74, 6) is -1.26. The normalized spacial score (nSPS) is 14.3. The molecule has 4 nitrogen and oxygen atoms in total. The molecule has 28 heavy (non-hydrogen) atoms. The lowest BCUT2D eigenvalue weighted by atomic mass is 10.2. The second kappa shape index (κ2) is 9.06. The van der Waals surface area contributed by atoms with Crippen LogP contribution >= 0.6 is 23.3 Å². The number of rotatable bonds is 7. The molecule has 1 N–H and O–H groups in total. The molecule has 0 aliphatic carbocycles. The lowest BCUT2D eigenvalue weighted by molar-refractivity contribution is 0.210. The van der Waals surface area contributed by atoms with Gasteiger partial charge >= 0.3 is 0 Å². The maximum atomic E-state index is 14.0. The Balaban J connectivity index is 1.96. The number of nitrogens with zero attached hydrogens (tertiary/aromatic N) is 1. The minimum atomic E-state index is -3.59. The number of aliphatic hydroxyl groups excluding tert-OH is 1. The van der Waals surface area contributed by atoms with Gasteiger partial charge in [0, 0.05) is 29.6 Å². The highest BCUT2D eigenvalue weighted by molar-refractivity contribution is 9.10. The van der Waals surface area contributed by atoms with Crippen LogP contribution in [0.25, 0.3) is 0 Å². The second-order valence-electron chi connectivity index (χ2n) is 6.69. The van der Waals surface area contributed by atoms with Gasteiger partial charge in [-0.25, -0.2) is 0 Å². The Morgan fingerprint density at radius 1 is 0.964 bits per heavy atom. The van der Waals surface area contributed by atoms with E-state index in [0.717, 1.165) is 15.7 Å². The number of halogens is 1. The zero-order valence-electron chi connectivity index (χ0n) is 15.8. The number of benzene rings is 3. The molecule has 146 valence electrons. The van der Waals surface area contributed by atoms with Crippen molar-refractivity contribution in [2.75, 3.05) is 19.0 Å². The smallest absolute Gasteiger partial charge is 0.264 e. The number of anilines is 1. The van der Waals surface area contributed by atoms with Gasteiger partial charge in [0.2, 0.25) is 0 Å². The van der Waals surface area contributed by atoms with Gasteiger partial charge in [-0.3, -0.25) is 4.57 Å². The summed E-state index contributed by atoms with van der Waals surface area (Å²) >= 11 is 3.39. The van der Waals surface area contributed by atoms with Gasteiger partial charge in [0.15, 0.2) is 5.85 Å². The lowest BCUT2D eigenvalue weighted by Crippen LogP contribution is -2.16. The molecular weight excluding hydrogens is 437 g/mol. The maximum absolute atomic E-state index is 14.0. The number of hydrogen-bond donors (Lipinski definition) is 1. The topological polar surface area (TPSA) is 49.8 Å². The predicted molar refractivity (Wildman–Crippen MR) is 118 cm³/mol. The Hall–Kier alpha value is -1.91. The van der Waals surface area contributed by atoms with Crippen LogP contribution in [0.1, 0.15) is 17.0 Å². The van der Waals surface area contributed by atoms with E-state index in [1.54, 1.807) is 24.3 Å². The molecule has 0 heterocycles. The summed E-state index contributed by atoms with van der Waals surface area (Å²) in [5.41, 5.74) is 2.43. The van der Waals surface area contributed by atoms with Gasteiger partial charge in [0.25, 0.3) is 7.37 Å². The van der Waals surface area contributed by atoms with Crippen molar-refractivity contribution in [3.63, 3.8) is 0 Å². The zero-order chi connectivity index (χ0) is 20.1. The molecule has 6 heteroatoms. The largest absolute Gasteiger partial charge is 0.378 e. The van der Waals surface area contributed by atoms with Crippen LogP contribution < -0.4 is 10.2 Å². The highest BCUT2D eigenvalue weighted by atomic mass is 79.9. The van der Waals surface area contributed by atoms with E-state index in [2.05, 4.69) is 15.9 Å². The molecule has 0 saturated carbocycles. The third-order valence-electron chi connectivity index (χ3n) is 4.48. The maximum Gasteiger partial charge on any atom is 0.264 e. The van der Waals surface area contributed by atoms with Crippen molar-refractivity contribution < 1.29 is 14.2 Å². The van der Waals surface area contributed by atoms with E-state index in [-0.39, 0.29) is 6.61 Å². The summed E-state index contributed by atoms with van der Waals surface area (Å²) in [6.07, 6.45) is 0. The molecule has 0 amide bonds. The summed E-state index contributed by atoms with van der Waals surface area (Å²) < 4.78 is 20.8. The average Bonchev–Trinajstić information content (AvgIpc) is 2.73. The van der Waals surface area contributed by atoms with Gasteiger partial charge in [0.05, 0.1) is 6.61 Å². The van der Waals surface area contributed by atoms with Gasteiger partial charge in [-0.05, 0) is 47.5 Å². The van der Waals surface area contributed by atoms with Crippen molar-refractivity contribution in [1.82, 2.24) is 0 Å². The molecule has 3 aromatic rings. The first-order valence-electron chi connectivity index (χ1n) is 8.90. The molecule has 0 fully saturated rings. The van der Waals surface area contributed by atoms with Gasteiger partial charge in [0.1, 0.15) is 0 Å². The van der Waals surface area contributed by atoms with Crippen LogP contribution in [-0.2, 0) is 15.7 Å². The quantitative estimate of drug-likeness (QED) is 0.485. The first kappa shape index (κ1) is 20.8. The van der Waals surface area contributed by atoms with Crippen LogP contribution in [0.5, 0.6) is 0 Å². The Labute approximate surface area is 174 Å². The summed E-state index contributed by atoms with van der Waals surface area (Å²) in [6.45, 7) is 0.154. The molecule has 0 spiro atoms. The summed E-state index contributed by atoms with van der Waals surface area (Å²) in [5, 5.41) is 11.5. The summed E-state index contributed by atoms with van der Waals surface area (Å²) in [6, 6.07) is 24.0. The van der Waals surface area contributed by atoms with E-state index in [1.165, 1.54) is 0 Å². The SMILES string of the molecule is CN(C)c1ccc([P@@](=O)(OCc2ccccc2)[C@H](O)c2ccc(Br)cc2)cc1. The van der Waals surface area contributed by atoms with Crippen molar-refractivity contribution in [1.29, 1.82) is 0 Å². The van der Waals surface area contributed by atoms with Crippen molar-refractivity contribution in [3.05, 3.63) is 94.5 Å². The lowest BCUT2D eigenvalue weighted by Gasteiger charge is -2.25. The molecule has 0 aliphatic heterocycles. The Morgan fingerprint density at radius 3 is 2.14 bits per heavy atom. The first-order valence-corrected chi connectivity index (χ1v) is 11.4. The fourth-order valence-corrected chi connectivity index (χ4v) is 5.13. The van der Waals surface area contributed by atoms with Gasteiger partial charge in [-0.1, -0.05) is 58.4 Å². The van der Waals surface area contributed by atoms with Gasteiger partial charge in [-0.15, -0.1) is 0 Å². The van der Waals surface area contributed by atoms with Crippen LogP contribution in [0, 0.1) is 0 Å². The van der Waals surface area contributed by atoms with Crippen molar-refractivity contribution in [2.24, 2.45) is 0 Å². The fraction of sp³-hybridized carbons (Fsp3) is 0.182. The monoisotopic (exact) mass is 459 g/mol. The van der Waals surface area contributed by atoms with Crippen molar-refractivity contribution in [3.8, 4) is 0 Å². The van der Waals surface area contributed by atoms with E-state index >= 15 is 0 Å². The summed E-state index contributed by atoms with van der Waals surface area (Å²) in [4.78, 5) is 1.96. The van der Waals surface area contributed by atoms with E-state index in [1.807, 2.05) is 73.6 Å². The minimum Gasteiger partial charge on any atom is -0.378 e. The van der Waals surface area contributed by atoms with Gasteiger partial charge in [-0.2, -0.15) is 0 Å². The van der Waals surface area contributed by atoms with Crippen molar-refractivity contribution in [2.45, 2.75) is 12.5 Å². The highest BCUT2D eigenvalue weighted by Crippen LogP contribution is 2.58. The van der Waals surface area contributed by atoms with Crippen LogP contribution in [0.2, 0.25) is 0 Å². The third-order valence-corrected chi connectivity index (χ3v) is 7.48. The van der Waals surface area contributed by atoms with E-state index < -0.39 is 13.2 Å². The zero-order valence-corrected chi connectivity index (χ0v) is 18.3. The number of aliphatic hydroxyl groups is 1. The number of hydrogen-bond acceptors (Lipinski definition) is 4. The Morgan fingerprint density at radius 2 is 1.57 bits per heavy atom. The highest BCUT2D eigenvalue weighted by Gasteiger charge is 2.36.